The van der Waals surface area contributed by atoms with Gasteiger partial charge in [0.05, 0.1) is 37.1 Å². The van der Waals surface area contributed by atoms with Crippen molar-refractivity contribution < 1.29 is 35.8 Å². The highest BCUT2D eigenvalue weighted by molar-refractivity contribution is 7.92. The maximum atomic E-state index is 15.1. The van der Waals surface area contributed by atoms with E-state index in [0.29, 0.717) is 0 Å². The number of hydrogen-bond acceptors (Lipinski definition) is 7. The summed E-state index contributed by atoms with van der Waals surface area (Å²) in [4.78, 5) is 7.06. The predicted octanol–water partition coefficient (Wildman–Crippen LogP) is 3.79. The van der Waals surface area contributed by atoms with Crippen LogP contribution in [0.15, 0.2) is 41.6 Å². The maximum absolute atomic E-state index is 15.1. The molecule has 0 aliphatic heterocycles. The minimum Gasteiger partial charge on any atom is -0.495 e. The molecule has 0 aliphatic rings. The molecule has 1 aromatic heterocycles. The van der Waals surface area contributed by atoms with Gasteiger partial charge >= 0.3 is 0 Å². The molecule has 0 bridgehead atoms. The van der Waals surface area contributed by atoms with Crippen LogP contribution in [0.25, 0.3) is 0 Å². The van der Waals surface area contributed by atoms with Gasteiger partial charge in [-0.3, -0.25) is 4.72 Å². The monoisotopic (exact) mass is 544 g/mol. The lowest BCUT2D eigenvalue weighted by atomic mass is 10.1. The summed E-state index contributed by atoms with van der Waals surface area (Å²) in [6.45, 7) is -1.24. The van der Waals surface area contributed by atoms with Gasteiger partial charge in [0, 0.05) is 23.0 Å². The van der Waals surface area contributed by atoms with Crippen LogP contribution < -0.4 is 14.8 Å². The highest BCUT2D eigenvalue weighted by atomic mass is 35.5. The van der Waals surface area contributed by atoms with Gasteiger partial charge in [-0.05, 0) is 24.3 Å². The summed E-state index contributed by atoms with van der Waals surface area (Å²) in [5, 5.41) is 11.7. The van der Waals surface area contributed by atoms with Crippen LogP contribution in [0.2, 0.25) is 5.02 Å². The minimum atomic E-state index is -4.51. The SMILES string of the molecule is COc1c(CO)cc(Cl)cc1S(=O)(=O)Nc1ccc(F)c(C#Cc2cnc(NCC(F)F)nc2)c1F. The van der Waals surface area contributed by atoms with Crippen LogP contribution in [0, 0.1) is 23.5 Å². The minimum absolute atomic E-state index is 0.0241. The van der Waals surface area contributed by atoms with Gasteiger partial charge in [0.25, 0.3) is 16.4 Å². The third-order valence-corrected chi connectivity index (χ3v) is 6.08. The molecule has 0 radical (unpaired) electrons. The maximum Gasteiger partial charge on any atom is 0.265 e. The molecular formula is C22H17ClF4N4O4S. The Balaban J connectivity index is 1.92. The van der Waals surface area contributed by atoms with Gasteiger partial charge in [-0.15, -0.1) is 0 Å². The number of benzene rings is 2. The first kappa shape index (κ1) is 27.0. The van der Waals surface area contributed by atoms with Crippen molar-refractivity contribution in [1.82, 2.24) is 9.97 Å². The first-order valence-corrected chi connectivity index (χ1v) is 11.8. The van der Waals surface area contributed by atoms with Crippen molar-refractivity contribution in [2.75, 3.05) is 23.7 Å². The number of ether oxygens (including phenoxy) is 1. The Morgan fingerprint density at radius 3 is 2.47 bits per heavy atom. The van der Waals surface area contributed by atoms with E-state index in [1.165, 1.54) is 13.2 Å². The molecule has 0 atom stereocenters. The fourth-order valence-electron chi connectivity index (χ4n) is 2.90. The van der Waals surface area contributed by atoms with Gasteiger partial charge in [0.1, 0.15) is 16.5 Å². The second-order valence-corrected chi connectivity index (χ2v) is 9.05. The molecular weight excluding hydrogens is 528 g/mol. The molecule has 14 heteroatoms. The summed E-state index contributed by atoms with van der Waals surface area (Å²) in [7, 11) is -3.33. The van der Waals surface area contributed by atoms with Crippen LogP contribution in [0.4, 0.5) is 29.2 Å². The molecule has 0 spiro atoms. The van der Waals surface area contributed by atoms with Crippen LogP contribution in [0.1, 0.15) is 16.7 Å². The first-order chi connectivity index (χ1) is 17.1. The average Bonchev–Trinajstić information content (AvgIpc) is 2.84. The standard InChI is InChI=1S/C22H17ClF4N4O4S/c1-35-21-13(11-32)6-14(23)7-18(21)36(33,34)31-17-5-4-16(24)15(20(17)27)3-2-12-8-28-22(29-9-12)30-10-19(25)26/h4-9,19,31-32H,10-11H2,1H3,(H,28,29,30). The smallest absolute Gasteiger partial charge is 0.265 e. The van der Waals surface area contributed by atoms with E-state index < -0.39 is 57.4 Å². The van der Waals surface area contributed by atoms with Crippen molar-refractivity contribution in [2.45, 2.75) is 17.9 Å². The van der Waals surface area contributed by atoms with Crippen molar-refractivity contribution in [2.24, 2.45) is 0 Å². The highest BCUT2D eigenvalue weighted by Gasteiger charge is 2.25. The lowest BCUT2D eigenvalue weighted by molar-refractivity contribution is 0.163. The number of methoxy groups -OCH3 is 1. The molecule has 190 valence electrons. The molecule has 8 nitrogen and oxygen atoms in total. The van der Waals surface area contributed by atoms with Gasteiger partial charge in [-0.2, -0.15) is 0 Å². The second kappa shape index (κ2) is 11.4. The van der Waals surface area contributed by atoms with Gasteiger partial charge in [0.15, 0.2) is 5.82 Å². The number of hydrogen-bond donors (Lipinski definition) is 3. The van der Waals surface area contributed by atoms with Crippen molar-refractivity contribution >= 4 is 33.3 Å². The number of halogens is 5. The summed E-state index contributed by atoms with van der Waals surface area (Å²) >= 11 is 5.94. The molecule has 0 saturated heterocycles. The Bertz CT molecular complexity index is 1430. The number of nitrogens with zero attached hydrogens (tertiary/aromatic N) is 2. The number of aliphatic hydroxyl groups excluding tert-OH is 1. The Morgan fingerprint density at radius 1 is 1.17 bits per heavy atom. The molecule has 36 heavy (non-hydrogen) atoms. The molecule has 3 N–H and O–H groups in total. The lowest BCUT2D eigenvalue weighted by Crippen LogP contribution is -2.16. The highest BCUT2D eigenvalue weighted by Crippen LogP contribution is 2.33. The molecule has 0 fully saturated rings. The van der Waals surface area contributed by atoms with Crippen LogP contribution in [-0.2, 0) is 16.6 Å². The first-order valence-electron chi connectivity index (χ1n) is 9.90. The fraction of sp³-hybridized carbons (Fsp3) is 0.182. The van der Waals surface area contributed by atoms with Gasteiger partial charge in [-0.25, -0.2) is 35.9 Å². The zero-order valence-electron chi connectivity index (χ0n) is 18.3. The summed E-state index contributed by atoms with van der Waals surface area (Å²) < 4.78 is 86.8. The van der Waals surface area contributed by atoms with E-state index in [4.69, 9.17) is 16.3 Å². The number of aliphatic hydroxyl groups is 1. The van der Waals surface area contributed by atoms with E-state index in [9.17, 15) is 26.7 Å². The van der Waals surface area contributed by atoms with E-state index in [1.54, 1.807) is 0 Å². The third kappa shape index (κ3) is 6.34. The summed E-state index contributed by atoms with van der Waals surface area (Å²) in [6.07, 6.45) is -0.305. The molecule has 2 aromatic carbocycles. The molecule has 3 rings (SSSR count). The predicted molar refractivity (Wildman–Crippen MR) is 124 cm³/mol. The van der Waals surface area contributed by atoms with E-state index in [2.05, 4.69) is 27.1 Å². The Kier molecular flexibility index (Phi) is 8.57. The van der Waals surface area contributed by atoms with Crippen LogP contribution in [-0.4, -0.2) is 43.6 Å². The summed E-state index contributed by atoms with van der Waals surface area (Å²) in [6, 6.07) is 4.03. The zero-order valence-corrected chi connectivity index (χ0v) is 19.9. The third-order valence-electron chi connectivity index (χ3n) is 4.49. The number of sulfonamides is 1. The number of alkyl halides is 2. The van der Waals surface area contributed by atoms with E-state index in [-0.39, 0.29) is 27.8 Å². The summed E-state index contributed by atoms with van der Waals surface area (Å²) in [5.41, 5.74) is -1.17. The molecule has 3 aromatic rings. The number of aromatic nitrogens is 2. The number of nitrogens with one attached hydrogen (secondary N) is 2. The van der Waals surface area contributed by atoms with Gasteiger partial charge in [0.2, 0.25) is 5.95 Å². The van der Waals surface area contributed by atoms with Crippen LogP contribution in [0.5, 0.6) is 5.75 Å². The average molecular weight is 545 g/mol. The van der Waals surface area contributed by atoms with Crippen molar-refractivity contribution in [1.29, 1.82) is 0 Å². The van der Waals surface area contributed by atoms with E-state index in [0.717, 1.165) is 30.6 Å². The number of rotatable bonds is 8. The Morgan fingerprint density at radius 2 is 1.86 bits per heavy atom. The van der Waals surface area contributed by atoms with Crippen molar-refractivity contribution in [3.63, 3.8) is 0 Å². The largest absolute Gasteiger partial charge is 0.495 e. The number of anilines is 2. The Hall–Kier alpha value is -3.60. The molecule has 0 amide bonds. The fourth-order valence-corrected chi connectivity index (χ4v) is 4.51. The second-order valence-electron chi connectivity index (χ2n) is 6.96. The van der Waals surface area contributed by atoms with Crippen LogP contribution >= 0.6 is 11.6 Å². The van der Waals surface area contributed by atoms with E-state index in [1.807, 2.05) is 4.72 Å². The van der Waals surface area contributed by atoms with Crippen LogP contribution in [0.3, 0.4) is 0 Å². The lowest BCUT2D eigenvalue weighted by Gasteiger charge is -2.15. The normalized spacial score (nSPS) is 11.1. The van der Waals surface area contributed by atoms with Crippen molar-refractivity contribution in [3.8, 4) is 17.6 Å². The van der Waals surface area contributed by atoms with Crippen molar-refractivity contribution in [3.05, 3.63) is 70.0 Å². The quantitative estimate of drug-likeness (QED) is 0.292. The molecule has 0 aliphatic carbocycles. The molecule has 0 saturated carbocycles. The topological polar surface area (TPSA) is 113 Å². The van der Waals surface area contributed by atoms with E-state index >= 15 is 4.39 Å². The molecule has 1 heterocycles. The Labute approximate surface area is 208 Å². The summed E-state index contributed by atoms with van der Waals surface area (Å²) in [5.74, 6) is 2.01. The zero-order chi connectivity index (χ0) is 26.5. The van der Waals surface area contributed by atoms with Gasteiger partial charge in [-0.1, -0.05) is 23.4 Å². The molecule has 0 unspecified atom stereocenters. The van der Waals surface area contributed by atoms with Gasteiger partial charge < -0.3 is 15.2 Å².